The van der Waals surface area contributed by atoms with E-state index in [2.05, 4.69) is 5.32 Å². The molecule has 1 amide bonds. The minimum atomic E-state index is -0.277. The van der Waals surface area contributed by atoms with Gasteiger partial charge in [0, 0.05) is 12.5 Å². The van der Waals surface area contributed by atoms with E-state index in [0.717, 1.165) is 0 Å². The molecule has 0 atom stereocenters. The van der Waals surface area contributed by atoms with Crippen molar-refractivity contribution >= 4 is 11.6 Å². The van der Waals surface area contributed by atoms with Gasteiger partial charge in [-0.1, -0.05) is 12.1 Å². The number of carbonyl (C=O) groups is 1. The Labute approximate surface area is 82.2 Å². The standard InChI is InChI=1S/C10H13NO3/c1-6-3-4-8(5-12)9(10(6)14)11-7(2)13/h3-4,12,14H,5H2,1-2H3,(H,11,13). The molecule has 14 heavy (non-hydrogen) atoms. The highest BCUT2D eigenvalue weighted by Gasteiger charge is 2.10. The molecule has 1 rings (SSSR count). The lowest BCUT2D eigenvalue weighted by atomic mass is 10.1. The van der Waals surface area contributed by atoms with Gasteiger partial charge in [-0.05, 0) is 12.5 Å². The Morgan fingerprint density at radius 1 is 1.50 bits per heavy atom. The third-order valence-electron chi connectivity index (χ3n) is 1.94. The van der Waals surface area contributed by atoms with E-state index in [-0.39, 0.29) is 18.3 Å². The van der Waals surface area contributed by atoms with Gasteiger partial charge < -0.3 is 15.5 Å². The van der Waals surface area contributed by atoms with Crippen LogP contribution in [0.4, 0.5) is 5.69 Å². The van der Waals surface area contributed by atoms with Crippen LogP contribution in [-0.4, -0.2) is 16.1 Å². The van der Waals surface area contributed by atoms with Crippen LogP contribution in [0.5, 0.6) is 5.75 Å². The molecule has 1 aromatic rings. The van der Waals surface area contributed by atoms with Crippen molar-refractivity contribution in [3.8, 4) is 5.75 Å². The second kappa shape index (κ2) is 4.11. The number of phenols is 1. The van der Waals surface area contributed by atoms with Crippen molar-refractivity contribution in [1.82, 2.24) is 0 Å². The van der Waals surface area contributed by atoms with Crippen molar-refractivity contribution in [3.05, 3.63) is 23.3 Å². The molecule has 0 bridgehead atoms. The minimum Gasteiger partial charge on any atom is -0.505 e. The quantitative estimate of drug-likeness (QED) is 0.620. The molecular weight excluding hydrogens is 182 g/mol. The third-order valence-corrected chi connectivity index (χ3v) is 1.94. The fourth-order valence-electron chi connectivity index (χ4n) is 1.18. The van der Waals surface area contributed by atoms with Gasteiger partial charge in [0.15, 0.2) is 0 Å². The highest BCUT2D eigenvalue weighted by atomic mass is 16.3. The van der Waals surface area contributed by atoms with Crippen molar-refractivity contribution < 1.29 is 15.0 Å². The van der Waals surface area contributed by atoms with Gasteiger partial charge in [-0.15, -0.1) is 0 Å². The third kappa shape index (κ3) is 2.03. The Morgan fingerprint density at radius 3 is 2.64 bits per heavy atom. The molecule has 3 N–H and O–H groups in total. The first-order valence-corrected chi connectivity index (χ1v) is 4.26. The smallest absolute Gasteiger partial charge is 0.221 e. The monoisotopic (exact) mass is 195 g/mol. The van der Waals surface area contributed by atoms with Crippen LogP contribution in [0, 0.1) is 6.92 Å². The van der Waals surface area contributed by atoms with E-state index in [0.29, 0.717) is 16.8 Å². The van der Waals surface area contributed by atoms with E-state index in [9.17, 15) is 9.90 Å². The van der Waals surface area contributed by atoms with Crippen molar-refractivity contribution in [2.24, 2.45) is 0 Å². The zero-order valence-electron chi connectivity index (χ0n) is 8.16. The van der Waals surface area contributed by atoms with Crippen molar-refractivity contribution in [3.63, 3.8) is 0 Å². The van der Waals surface area contributed by atoms with Crippen molar-refractivity contribution in [2.45, 2.75) is 20.5 Å². The molecule has 0 spiro atoms. The number of amides is 1. The number of hydrogen-bond donors (Lipinski definition) is 3. The van der Waals surface area contributed by atoms with Crippen molar-refractivity contribution in [1.29, 1.82) is 0 Å². The molecule has 0 aliphatic rings. The van der Waals surface area contributed by atoms with Crippen molar-refractivity contribution in [2.75, 3.05) is 5.32 Å². The summed E-state index contributed by atoms with van der Waals surface area (Å²) >= 11 is 0. The zero-order chi connectivity index (χ0) is 10.7. The molecule has 0 aliphatic carbocycles. The summed E-state index contributed by atoms with van der Waals surface area (Å²) in [4.78, 5) is 10.8. The SMILES string of the molecule is CC(=O)Nc1c(CO)ccc(C)c1O. The van der Waals surface area contributed by atoms with Crippen LogP contribution < -0.4 is 5.32 Å². The largest absolute Gasteiger partial charge is 0.505 e. The number of aryl methyl sites for hydroxylation is 1. The summed E-state index contributed by atoms with van der Waals surface area (Å²) < 4.78 is 0. The number of anilines is 1. The molecule has 0 radical (unpaired) electrons. The number of rotatable bonds is 2. The van der Waals surface area contributed by atoms with Gasteiger partial charge in [0.25, 0.3) is 0 Å². The Balaban J connectivity index is 3.20. The molecule has 4 nitrogen and oxygen atoms in total. The summed E-state index contributed by atoms with van der Waals surface area (Å²) in [6.45, 7) is 2.86. The zero-order valence-corrected chi connectivity index (χ0v) is 8.16. The van der Waals surface area contributed by atoms with Gasteiger partial charge in [-0.2, -0.15) is 0 Å². The Morgan fingerprint density at radius 2 is 2.14 bits per heavy atom. The molecule has 0 saturated heterocycles. The maximum atomic E-state index is 10.8. The maximum absolute atomic E-state index is 10.8. The molecule has 0 heterocycles. The topological polar surface area (TPSA) is 69.6 Å². The molecule has 76 valence electrons. The summed E-state index contributed by atoms with van der Waals surface area (Å²) in [7, 11) is 0. The normalized spacial score (nSPS) is 9.93. The van der Waals surface area contributed by atoms with Crippen LogP contribution in [0.3, 0.4) is 0 Å². The first kappa shape index (κ1) is 10.5. The van der Waals surface area contributed by atoms with Crippen LogP contribution in [0.2, 0.25) is 0 Å². The average Bonchev–Trinajstić information content (AvgIpc) is 2.13. The minimum absolute atomic E-state index is 0.00625. The molecule has 0 fully saturated rings. The first-order valence-electron chi connectivity index (χ1n) is 4.26. The highest BCUT2D eigenvalue weighted by molar-refractivity contribution is 5.91. The van der Waals surface area contributed by atoms with Gasteiger partial charge >= 0.3 is 0 Å². The Kier molecular flexibility index (Phi) is 3.09. The van der Waals surface area contributed by atoms with E-state index >= 15 is 0 Å². The molecule has 0 saturated carbocycles. The Hall–Kier alpha value is -1.55. The summed E-state index contributed by atoms with van der Waals surface area (Å²) in [5, 5.41) is 21.1. The van der Waals surface area contributed by atoms with Gasteiger partial charge in [-0.3, -0.25) is 4.79 Å². The fraction of sp³-hybridized carbons (Fsp3) is 0.300. The number of nitrogens with one attached hydrogen (secondary N) is 1. The predicted molar refractivity (Wildman–Crippen MR) is 53.1 cm³/mol. The van der Waals surface area contributed by atoms with Gasteiger partial charge in [0.1, 0.15) is 5.75 Å². The highest BCUT2D eigenvalue weighted by Crippen LogP contribution is 2.30. The molecule has 1 aromatic carbocycles. The number of carbonyl (C=O) groups excluding carboxylic acids is 1. The molecular formula is C10H13NO3. The summed E-state index contributed by atoms with van der Waals surface area (Å²) in [6.07, 6.45) is 0. The van der Waals surface area contributed by atoms with Crippen LogP contribution >= 0.6 is 0 Å². The second-order valence-corrected chi connectivity index (χ2v) is 3.10. The molecule has 0 aliphatic heterocycles. The maximum Gasteiger partial charge on any atom is 0.221 e. The number of hydrogen-bond acceptors (Lipinski definition) is 3. The molecule has 4 heteroatoms. The van der Waals surface area contributed by atoms with E-state index < -0.39 is 0 Å². The number of aliphatic hydroxyl groups is 1. The number of phenolic OH excluding ortho intramolecular Hbond substituents is 1. The summed E-state index contributed by atoms with van der Waals surface area (Å²) in [6, 6.07) is 3.35. The lowest BCUT2D eigenvalue weighted by Gasteiger charge is -2.11. The van der Waals surface area contributed by atoms with Crippen LogP contribution in [0.25, 0.3) is 0 Å². The van der Waals surface area contributed by atoms with E-state index in [1.165, 1.54) is 6.92 Å². The fourth-order valence-corrected chi connectivity index (χ4v) is 1.18. The van der Waals surface area contributed by atoms with E-state index in [4.69, 9.17) is 5.11 Å². The Bertz CT molecular complexity index is 361. The average molecular weight is 195 g/mol. The number of aromatic hydroxyl groups is 1. The van der Waals surface area contributed by atoms with Gasteiger partial charge in [0.05, 0.1) is 12.3 Å². The lowest BCUT2D eigenvalue weighted by molar-refractivity contribution is -0.114. The van der Waals surface area contributed by atoms with Gasteiger partial charge in [0.2, 0.25) is 5.91 Å². The lowest BCUT2D eigenvalue weighted by Crippen LogP contribution is -2.08. The second-order valence-electron chi connectivity index (χ2n) is 3.10. The van der Waals surface area contributed by atoms with Gasteiger partial charge in [-0.25, -0.2) is 0 Å². The first-order chi connectivity index (χ1) is 6.56. The number of benzene rings is 1. The summed E-state index contributed by atoms with van der Waals surface area (Å²) in [5.41, 5.74) is 1.45. The van der Waals surface area contributed by atoms with Crippen LogP contribution in [-0.2, 0) is 11.4 Å². The van der Waals surface area contributed by atoms with E-state index in [1.54, 1.807) is 19.1 Å². The van der Waals surface area contributed by atoms with Crippen LogP contribution in [0.15, 0.2) is 12.1 Å². The predicted octanol–water partition coefficient (Wildman–Crippen LogP) is 1.15. The molecule has 0 aromatic heterocycles. The number of aliphatic hydroxyl groups excluding tert-OH is 1. The summed E-state index contributed by atoms with van der Waals surface area (Å²) in [5.74, 6) is -0.271. The van der Waals surface area contributed by atoms with Crippen LogP contribution in [0.1, 0.15) is 18.1 Å². The van der Waals surface area contributed by atoms with E-state index in [1.807, 2.05) is 0 Å². The molecule has 0 unspecified atom stereocenters.